The van der Waals surface area contributed by atoms with Gasteiger partial charge in [0.15, 0.2) is 0 Å². The van der Waals surface area contributed by atoms with E-state index in [0.29, 0.717) is 17.3 Å². The maximum Gasteiger partial charge on any atom is 0.129 e. The first-order valence-electron chi connectivity index (χ1n) is 5.24. The molecule has 0 radical (unpaired) electrons. The molecule has 3 nitrogen and oxygen atoms in total. The van der Waals surface area contributed by atoms with Gasteiger partial charge in [-0.2, -0.15) is 0 Å². The topological polar surface area (TPSA) is 34.2 Å². The van der Waals surface area contributed by atoms with Gasteiger partial charge in [0, 0.05) is 12.6 Å². The minimum atomic E-state index is 0.344. The van der Waals surface area contributed by atoms with Crippen molar-refractivity contribution in [3.63, 3.8) is 0 Å². The Kier molecular flexibility index (Phi) is 3.44. The summed E-state index contributed by atoms with van der Waals surface area (Å²) in [6.07, 6.45) is 4.20. The molecule has 2 atom stereocenters. The first kappa shape index (κ1) is 10.7. The van der Waals surface area contributed by atoms with Gasteiger partial charge in [0.05, 0.1) is 18.0 Å². The highest BCUT2D eigenvalue weighted by Crippen LogP contribution is 2.18. The van der Waals surface area contributed by atoms with Gasteiger partial charge in [-0.1, -0.05) is 11.6 Å². The molecule has 1 aliphatic heterocycles. The van der Waals surface area contributed by atoms with E-state index in [-0.39, 0.29) is 0 Å². The van der Waals surface area contributed by atoms with Gasteiger partial charge in [-0.15, -0.1) is 0 Å². The molecule has 15 heavy (non-hydrogen) atoms. The Hall–Kier alpha value is -0.800. The van der Waals surface area contributed by atoms with Crippen molar-refractivity contribution in [2.24, 2.45) is 0 Å². The number of rotatable bonds is 2. The van der Waals surface area contributed by atoms with Crippen molar-refractivity contribution >= 4 is 17.3 Å². The van der Waals surface area contributed by atoms with Crippen LogP contribution in [0.2, 0.25) is 5.15 Å². The first-order valence-corrected chi connectivity index (χ1v) is 5.61. The van der Waals surface area contributed by atoms with Crippen LogP contribution < -0.4 is 5.32 Å². The summed E-state index contributed by atoms with van der Waals surface area (Å²) in [7, 11) is 0. The van der Waals surface area contributed by atoms with Gasteiger partial charge >= 0.3 is 0 Å². The van der Waals surface area contributed by atoms with Crippen LogP contribution in [0.3, 0.4) is 0 Å². The fourth-order valence-electron chi connectivity index (χ4n) is 1.83. The molecule has 2 unspecified atom stereocenters. The van der Waals surface area contributed by atoms with Crippen LogP contribution in [0.1, 0.15) is 19.8 Å². The third-order valence-electron chi connectivity index (χ3n) is 2.58. The van der Waals surface area contributed by atoms with Crippen LogP contribution in [0.4, 0.5) is 5.69 Å². The summed E-state index contributed by atoms with van der Waals surface area (Å²) in [6, 6.07) is 4.24. The van der Waals surface area contributed by atoms with E-state index in [4.69, 9.17) is 16.3 Å². The zero-order valence-corrected chi connectivity index (χ0v) is 9.50. The van der Waals surface area contributed by atoms with E-state index >= 15 is 0 Å². The number of halogens is 1. The second kappa shape index (κ2) is 4.81. The Balaban J connectivity index is 1.93. The number of ether oxygens (including phenoxy) is 1. The van der Waals surface area contributed by atoms with E-state index in [1.807, 2.05) is 6.07 Å². The largest absolute Gasteiger partial charge is 0.381 e. The molecule has 2 rings (SSSR count). The van der Waals surface area contributed by atoms with Gasteiger partial charge < -0.3 is 10.1 Å². The minimum Gasteiger partial charge on any atom is -0.381 e. The highest BCUT2D eigenvalue weighted by molar-refractivity contribution is 6.29. The van der Waals surface area contributed by atoms with Crippen molar-refractivity contribution in [1.29, 1.82) is 0 Å². The number of aromatic nitrogens is 1. The predicted octanol–water partition coefficient (Wildman–Crippen LogP) is 2.71. The lowest BCUT2D eigenvalue weighted by Crippen LogP contribution is -2.32. The van der Waals surface area contributed by atoms with Crippen LogP contribution in [0.25, 0.3) is 0 Å². The van der Waals surface area contributed by atoms with Crippen molar-refractivity contribution in [2.75, 3.05) is 11.9 Å². The molecule has 0 saturated carbocycles. The molecule has 0 bridgehead atoms. The standard InChI is InChI=1S/C11H15ClN2O/c1-8-6-9(4-5-15-8)14-10-2-3-11(12)13-7-10/h2-3,7-9,14H,4-6H2,1H3. The number of nitrogens with one attached hydrogen (secondary N) is 1. The Morgan fingerprint density at radius 1 is 1.53 bits per heavy atom. The molecular weight excluding hydrogens is 212 g/mol. The molecule has 2 heterocycles. The van der Waals surface area contributed by atoms with E-state index in [9.17, 15) is 0 Å². The van der Waals surface area contributed by atoms with Crippen LogP contribution in [-0.4, -0.2) is 23.7 Å². The van der Waals surface area contributed by atoms with Crippen molar-refractivity contribution in [1.82, 2.24) is 4.98 Å². The number of hydrogen-bond acceptors (Lipinski definition) is 3. The third kappa shape index (κ3) is 3.08. The second-order valence-corrected chi connectivity index (χ2v) is 4.30. The Morgan fingerprint density at radius 3 is 3.07 bits per heavy atom. The van der Waals surface area contributed by atoms with Crippen LogP contribution in [0.15, 0.2) is 18.3 Å². The average molecular weight is 227 g/mol. The van der Waals surface area contributed by atoms with Crippen molar-refractivity contribution in [3.8, 4) is 0 Å². The fraction of sp³-hybridized carbons (Fsp3) is 0.545. The molecule has 4 heteroatoms. The average Bonchev–Trinajstić information content (AvgIpc) is 2.22. The monoisotopic (exact) mass is 226 g/mol. The Morgan fingerprint density at radius 2 is 2.40 bits per heavy atom. The predicted molar refractivity (Wildman–Crippen MR) is 61.3 cm³/mol. The second-order valence-electron chi connectivity index (χ2n) is 3.92. The normalized spacial score (nSPS) is 26.3. The Bertz CT molecular complexity index is 315. The lowest BCUT2D eigenvalue weighted by molar-refractivity contribution is 0.0232. The zero-order chi connectivity index (χ0) is 10.7. The highest BCUT2D eigenvalue weighted by atomic mass is 35.5. The first-order chi connectivity index (χ1) is 7.24. The maximum atomic E-state index is 5.72. The van der Waals surface area contributed by atoms with E-state index in [1.54, 1.807) is 12.3 Å². The van der Waals surface area contributed by atoms with Gasteiger partial charge in [0.1, 0.15) is 5.15 Å². The molecule has 1 aromatic rings. The molecule has 0 aromatic carbocycles. The molecule has 1 aromatic heterocycles. The molecule has 0 amide bonds. The molecule has 82 valence electrons. The van der Waals surface area contributed by atoms with E-state index in [2.05, 4.69) is 17.2 Å². The van der Waals surface area contributed by atoms with Gasteiger partial charge in [-0.3, -0.25) is 0 Å². The van der Waals surface area contributed by atoms with Gasteiger partial charge in [0.25, 0.3) is 0 Å². The summed E-state index contributed by atoms with van der Waals surface area (Å²) in [5.41, 5.74) is 1.03. The summed E-state index contributed by atoms with van der Waals surface area (Å²) in [5, 5.41) is 3.97. The summed E-state index contributed by atoms with van der Waals surface area (Å²) in [6.45, 7) is 2.94. The quantitative estimate of drug-likeness (QED) is 0.788. The lowest BCUT2D eigenvalue weighted by Gasteiger charge is -2.28. The van der Waals surface area contributed by atoms with Crippen molar-refractivity contribution in [2.45, 2.75) is 31.9 Å². The van der Waals surface area contributed by atoms with Crippen LogP contribution in [-0.2, 0) is 4.74 Å². The molecule has 0 spiro atoms. The SMILES string of the molecule is CC1CC(Nc2ccc(Cl)nc2)CCO1. The number of anilines is 1. The molecule has 1 fully saturated rings. The smallest absolute Gasteiger partial charge is 0.129 e. The van der Waals surface area contributed by atoms with Gasteiger partial charge in [-0.05, 0) is 31.9 Å². The number of nitrogens with zero attached hydrogens (tertiary/aromatic N) is 1. The summed E-state index contributed by atoms with van der Waals surface area (Å²) < 4.78 is 5.49. The summed E-state index contributed by atoms with van der Waals surface area (Å²) in [5.74, 6) is 0. The lowest BCUT2D eigenvalue weighted by atomic mass is 10.0. The van der Waals surface area contributed by atoms with E-state index < -0.39 is 0 Å². The Labute approximate surface area is 94.8 Å². The number of hydrogen-bond donors (Lipinski definition) is 1. The highest BCUT2D eigenvalue weighted by Gasteiger charge is 2.18. The molecular formula is C11H15ClN2O. The van der Waals surface area contributed by atoms with Crippen molar-refractivity contribution < 1.29 is 4.74 Å². The molecule has 1 aliphatic rings. The molecule has 1 N–H and O–H groups in total. The summed E-state index contributed by atoms with van der Waals surface area (Å²) >= 11 is 5.72. The molecule has 0 aliphatic carbocycles. The fourth-order valence-corrected chi connectivity index (χ4v) is 1.94. The van der Waals surface area contributed by atoms with Crippen LogP contribution >= 0.6 is 11.6 Å². The van der Waals surface area contributed by atoms with Crippen LogP contribution in [0.5, 0.6) is 0 Å². The molecule has 1 saturated heterocycles. The third-order valence-corrected chi connectivity index (χ3v) is 2.81. The minimum absolute atomic E-state index is 0.344. The van der Waals surface area contributed by atoms with Crippen molar-refractivity contribution in [3.05, 3.63) is 23.5 Å². The summed E-state index contributed by atoms with van der Waals surface area (Å²) in [4.78, 5) is 4.04. The van der Waals surface area contributed by atoms with Gasteiger partial charge in [0.2, 0.25) is 0 Å². The maximum absolute atomic E-state index is 5.72. The van der Waals surface area contributed by atoms with E-state index in [1.165, 1.54) is 0 Å². The van der Waals surface area contributed by atoms with Gasteiger partial charge in [-0.25, -0.2) is 4.98 Å². The van der Waals surface area contributed by atoms with Crippen LogP contribution in [0, 0.1) is 0 Å². The number of pyridine rings is 1. The van der Waals surface area contributed by atoms with E-state index in [0.717, 1.165) is 25.1 Å². The zero-order valence-electron chi connectivity index (χ0n) is 8.74.